The number of nitrogens with zero attached hydrogens (tertiary/aromatic N) is 2. The number of hydrogen-bond donors (Lipinski definition) is 1. The zero-order chi connectivity index (χ0) is 17.8. The van der Waals surface area contributed by atoms with Crippen molar-refractivity contribution in [3.63, 3.8) is 0 Å². The first kappa shape index (κ1) is 17.0. The summed E-state index contributed by atoms with van der Waals surface area (Å²) in [5.41, 5.74) is 2.47. The third kappa shape index (κ3) is 4.18. The molecule has 2 aromatic heterocycles. The minimum atomic E-state index is -0.120. The summed E-state index contributed by atoms with van der Waals surface area (Å²) >= 11 is 0. The minimum Gasteiger partial charge on any atom is -0.460 e. The van der Waals surface area contributed by atoms with Crippen LogP contribution < -0.4 is 5.32 Å². The molecule has 0 radical (unpaired) electrons. The van der Waals surface area contributed by atoms with Crippen LogP contribution in [0.4, 0.5) is 0 Å². The van der Waals surface area contributed by atoms with Gasteiger partial charge in [-0.15, -0.1) is 0 Å². The number of benzene rings is 1. The van der Waals surface area contributed by atoms with Gasteiger partial charge in [-0.1, -0.05) is 30.3 Å². The third-order valence-corrected chi connectivity index (χ3v) is 4.19. The van der Waals surface area contributed by atoms with Crippen molar-refractivity contribution in [2.45, 2.75) is 32.7 Å². The molecule has 3 rings (SSSR count). The number of hydrogen-bond acceptors (Lipinski definition) is 3. The van der Waals surface area contributed by atoms with Gasteiger partial charge in [-0.25, -0.2) is 0 Å². The van der Waals surface area contributed by atoms with Crippen molar-refractivity contribution in [2.75, 3.05) is 0 Å². The average Bonchev–Trinajstić information content (AvgIpc) is 3.19. The fourth-order valence-electron chi connectivity index (χ4n) is 2.77. The van der Waals surface area contributed by atoms with E-state index in [-0.39, 0.29) is 11.9 Å². The van der Waals surface area contributed by atoms with E-state index in [2.05, 4.69) is 22.5 Å². The molecule has 1 unspecified atom stereocenters. The smallest absolute Gasteiger partial charge is 0.269 e. The summed E-state index contributed by atoms with van der Waals surface area (Å²) in [6.07, 6.45) is 1.82. The largest absolute Gasteiger partial charge is 0.460 e. The summed E-state index contributed by atoms with van der Waals surface area (Å²) < 4.78 is 7.17. The Morgan fingerprint density at radius 2 is 2.00 bits per heavy atom. The van der Waals surface area contributed by atoms with E-state index >= 15 is 0 Å². The first-order chi connectivity index (χ1) is 12.0. The maximum absolute atomic E-state index is 12.5. The van der Waals surface area contributed by atoms with Gasteiger partial charge >= 0.3 is 0 Å². The molecule has 0 fully saturated rings. The van der Waals surface area contributed by atoms with Gasteiger partial charge in [-0.2, -0.15) is 5.10 Å². The quantitative estimate of drug-likeness (QED) is 0.745. The molecule has 0 aliphatic heterocycles. The summed E-state index contributed by atoms with van der Waals surface area (Å²) in [4.78, 5) is 12.5. The van der Waals surface area contributed by atoms with Gasteiger partial charge in [0.2, 0.25) is 0 Å². The van der Waals surface area contributed by atoms with Crippen LogP contribution in [0.1, 0.15) is 35.2 Å². The molecule has 0 saturated heterocycles. The van der Waals surface area contributed by atoms with E-state index < -0.39 is 0 Å². The molecule has 1 atom stereocenters. The number of nitrogens with one attached hydrogen (secondary N) is 1. The normalized spacial score (nSPS) is 12.1. The molecule has 0 saturated carbocycles. The molecule has 130 valence electrons. The molecule has 1 N–H and O–H groups in total. The van der Waals surface area contributed by atoms with E-state index in [1.807, 2.05) is 44.2 Å². The summed E-state index contributed by atoms with van der Waals surface area (Å²) in [5.74, 6) is 1.37. The summed E-state index contributed by atoms with van der Waals surface area (Å²) in [5, 5.41) is 7.43. The number of furan rings is 1. The highest BCUT2D eigenvalue weighted by Gasteiger charge is 2.17. The Balaban J connectivity index is 1.62. The maximum atomic E-state index is 12.5. The SMILES string of the molecule is Cc1ccc(-c2cc(C(=O)NC(C)CCc3ccccc3)n(C)n2)o1. The Morgan fingerprint density at radius 1 is 1.24 bits per heavy atom. The lowest BCUT2D eigenvalue weighted by atomic mass is 10.1. The van der Waals surface area contributed by atoms with Crippen LogP contribution in [0.25, 0.3) is 11.5 Å². The molecule has 5 nitrogen and oxygen atoms in total. The second kappa shape index (κ2) is 7.38. The molecule has 0 aliphatic carbocycles. The number of amides is 1. The van der Waals surface area contributed by atoms with E-state index in [0.29, 0.717) is 17.1 Å². The lowest BCUT2D eigenvalue weighted by molar-refractivity contribution is 0.0929. The monoisotopic (exact) mass is 337 g/mol. The van der Waals surface area contributed by atoms with Gasteiger partial charge in [-0.05, 0) is 44.4 Å². The number of aromatic nitrogens is 2. The van der Waals surface area contributed by atoms with Gasteiger partial charge in [0.15, 0.2) is 5.76 Å². The lowest BCUT2D eigenvalue weighted by Crippen LogP contribution is -2.34. The maximum Gasteiger partial charge on any atom is 0.269 e. The van der Waals surface area contributed by atoms with Gasteiger partial charge in [0, 0.05) is 19.2 Å². The van der Waals surface area contributed by atoms with Crippen LogP contribution >= 0.6 is 0 Å². The van der Waals surface area contributed by atoms with E-state index in [0.717, 1.165) is 18.6 Å². The first-order valence-corrected chi connectivity index (χ1v) is 8.48. The predicted octanol–water partition coefficient (Wildman–Crippen LogP) is 3.74. The Labute approximate surface area is 147 Å². The number of rotatable bonds is 6. The number of aryl methyl sites for hydroxylation is 3. The van der Waals surface area contributed by atoms with Crippen molar-refractivity contribution in [1.29, 1.82) is 0 Å². The fourth-order valence-corrected chi connectivity index (χ4v) is 2.77. The Morgan fingerprint density at radius 3 is 2.68 bits per heavy atom. The number of carbonyl (C=O) groups is 1. The fraction of sp³-hybridized carbons (Fsp3) is 0.300. The molecular formula is C20H23N3O2. The van der Waals surface area contributed by atoms with Crippen LogP contribution in [0.15, 0.2) is 52.9 Å². The second-order valence-corrected chi connectivity index (χ2v) is 6.35. The summed E-state index contributed by atoms with van der Waals surface area (Å²) in [7, 11) is 1.77. The minimum absolute atomic E-state index is 0.0805. The van der Waals surface area contributed by atoms with Gasteiger partial charge < -0.3 is 9.73 Å². The van der Waals surface area contributed by atoms with Crippen molar-refractivity contribution in [3.8, 4) is 11.5 Å². The second-order valence-electron chi connectivity index (χ2n) is 6.35. The van der Waals surface area contributed by atoms with Crippen molar-refractivity contribution < 1.29 is 9.21 Å². The average molecular weight is 337 g/mol. The lowest BCUT2D eigenvalue weighted by Gasteiger charge is -2.13. The molecule has 0 spiro atoms. The van der Waals surface area contributed by atoms with Crippen molar-refractivity contribution in [3.05, 3.63) is 65.5 Å². The summed E-state index contributed by atoms with van der Waals surface area (Å²) in [6, 6.07) is 15.9. The Bertz CT molecular complexity index is 849. The molecular weight excluding hydrogens is 314 g/mol. The van der Waals surface area contributed by atoms with Crippen LogP contribution in [0.2, 0.25) is 0 Å². The van der Waals surface area contributed by atoms with E-state index in [1.165, 1.54) is 5.56 Å². The molecule has 2 heterocycles. The summed E-state index contributed by atoms with van der Waals surface area (Å²) in [6.45, 7) is 3.91. The van der Waals surface area contributed by atoms with Crippen LogP contribution in [-0.4, -0.2) is 21.7 Å². The first-order valence-electron chi connectivity index (χ1n) is 8.48. The van der Waals surface area contributed by atoms with E-state index in [9.17, 15) is 4.79 Å². The van der Waals surface area contributed by atoms with Crippen LogP contribution in [-0.2, 0) is 13.5 Å². The van der Waals surface area contributed by atoms with E-state index in [4.69, 9.17) is 4.42 Å². The standard InChI is InChI=1S/C20H23N3O2/c1-14(9-11-16-7-5-4-6-8-16)21-20(24)18-13-17(22-23(18)3)19-12-10-15(2)25-19/h4-8,10,12-14H,9,11H2,1-3H3,(H,21,24). The molecule has 5 heteroatoms. The molecule has 1 amide bonds. The van der Waals surface area contributed by atoms with Crippen LogP contribution in [0.3, 0.4) is 0 Å². The number of carbonyl (C=O) groups excluding carboxylic acids is 1. The van der Waals surface area contributed by atoms with Gasteiger partial charge in [0.25, 0.3) is 5.91 Å². The van der Waals surface area contributed by atoms with Gasteiger partial charge in [0.05, 0.1) is 0 Å². The van der Waals surface area contributed by atoms with Crippen LogP contribution in [0, 0.1) is 6.92 Å². The van der Waals surface area contributed by atoms with Crippen molar-refractivity contribution in [1.82, 2.24) is 15.1 Å². The van der Waals surface area contributed by atoms with Crippen molar-refractivity contribution >= 4 is 5.91 Å². The molecule has 0 bridgehead atoms. The molecule has 3 aromatic rings. The zero-order valence-electron chi connectivity index (χ0n) is 14.8. The highest BCUT2D eigenvalue weighted by molar-refractivity contribution is 5.93. The zero-order valence-corrected chi connectivity index (χ0v) is 14.8. The van der Waals surface area contributed by atoms with Crippen LogP contribution in [0.5, 0.6) is 0 Å². The third-order valence-electron chi connectivity index (χ3n) is 4.19. The van der Waals surface area contributed by atoms with Crippen molar-refractivity contribution in [2.24, 2.45) is 7.05 Å². The molecule has 0 aliphatic rings. The molecule has 25 heavy (non-hydrogen) atoms. The van der Waals surface area contributed by atoms with Gasteiger partial charge in [-0.3, -0.25) is 9.48 Å². The molecule has 1 aromatic carbocycles. The van der Waals surface area contributed by atoms with E-state index in [1.54, 1.807) is 17.8 Å². The predicted molar refractivity (Wildman–Crippen MR) is 97.3 cm³/mol. The highest BCUT2D eigenvalue weighted by Crippen LogP contribution is 2.21. The Kier molecular flexibility index (Phi) is 5.03. The van der Waals surface area contributed by atoms with Gasteiger partial charge in [0.1, 0.15) is 17.1 Å². The Hall–Kier alpha value is -2.82. The topological polar surface area (TPSA) is 60.1 Å². The highest BCUT2D eigenvalue weighted by atomic mass is 16.3.